The number of hydrogen-bond donors (Lipinski definition) is 1. The molecule has 1 aliphatic rings. The minimum absolute atomic E-state index is 0.103. The standard InChI is InChI=1S/C17H17NO2/c1-11-7-8-13(15(10-11)17(19)20)14-6-2-4-12-5-3-9-18-16(12)14/h3,5,7-10,14H,2,4,6H2,1H3,(H,19,20). The van der Waals surface area contributed by atoms with Crippen LogP contribution in [0.15, 0.2) is 36.5 Å². The normalized spacial score (nSPS) is 17.6. The molecule has 1 atom stereocenters. The third-order valence-electron chi connectivity index (χ3n) is 4.01. The molecule has 1 N–H and O–H groups in total. The van der Waals surface area contributed by atoms with Crippen LogP contribution >= 0.6 is 0 Å². The highest BCUT2D eigenvalue weighted by Crippen LogP contribution is 2.36. The Hall–Kier alpha value is -2.16. The van der Waals surface area contributed by atoms with Gasteiger partial charge in [0.2, 0.25) is 0 Å². The van der Waals surface area contributed by atoms with Gasteiger partial charge in [-0.25, -0.2) is 4.79 Å². The molecule has 1 unspecified atom stereocenters. The molecule has 1 heterocycles. The SMILES string of the molecule is Cc1ccc(C2CCCc3cccnc32)c(C(=O)O)c1. The van der Waals surface area contributed by atoms with Crippen molar-refractivity contribution in [3.05, 3.63) is 64.5 Å². The number of benzene rings is 1. The van der Waals surface area contributed by atoms with Gasteiger partial charge in [-0.1, -0.05) is 23.8 Å². The largest absolute Gasteiger partial charge is 0.478 e. The molecule has 1 aromatic carbocycles. The zero-order valence-electron chi connectivity index (χ0n) is 11.5. The van der Waals surface area contributed by atoms with E-state index >= 15 is 0 Å². The summed E-state index contributed by atoms with van der Waals surface area (Å²) in [6.45, 7) is 1.92. The maximum absolute atomic E-state index is 11.5. The highest BCUT2D eigenvalue weighted by molar-refractivity contribution is 5.90. The predicted octanol–water partition coefficient (Wildman–Crippen LogP) is 3.56. The number of aromatic carboxylic acids is 1. The maximum Gasteiger partial charge on any atom is 0.335 e. The van der Waals surface area contributed by atoms with Crippen molar-refractivity contribution in [2.24, 2.45) is 0 Å². The van der Waals surface area contributed by atoms with Crippen LogP contribution in [0.25, 0.3) is 0 Å². The summed E-state index contributed by atoms with van der Waals surface area (Å²) in [7, 11) is 0. The van der Waals surface area contributed by atoms with Crippen molar-refractivity contribution in [1.82, 2.24) is 4.98 Å². The first-order chi connectivity index (χ1) is 9.66. The zero-order chi connectivity index (χ0) is 14.1. The quantitative estimate of drug-likeness (QED) is 0.905. The summed E-state index contributed by atoms with van der Waals surface area (Å²) in [5, 5.41) is 9.45. The lowest BCUT2D eigenvalue weighted by Gasteiger charge is -2.25. The third-order valence-corrected chi connectivity index (χ3v) is 4.01. The summed E-state index contributed by atoms with van der Waals surface area (Å²) in [5.74, 6) is -0.751. The van der Waals surface area contributed by atoms with Crippen molar-refractivity contribution in [3.8, 4) is 0 Å². The van der Waals surface area contributed by atoms with Gasteiger partial charge in [-0.05, 0) is 49.4 Å². The van der Waals surface area contributed by atoms with Gasteiger partial charge in [0.1, 0.15) is 0 Å². The van der Waals surface area contributed by atoms with Gasteiger partial charge in [0.05, 0.1) is 11.3 Å². The van der Waals surface area contributed by atoms with Gasteiger partial charge >= 0.3 is 5.97 Å². The third kappa shape index (κ3) is 2.20. The van der Waals surface area contributed by atoms with E-state index in [4.69, 9.17) is 0 Å². The van der Waals surface area contributed by atoms with Crippen LogP contribution in [0.2, 0.25) is 0 Å². The topological polar surface area (TPSA) is 50.2 Å². The summed E-state index contributed by atoms with van der Waals surface area (Å²) < 4.78 is 0. The van der Waals surface area contributed by atoms with Crippen LogP contribution in [-0.4, -0.2) is 16.1 Å². The summed E-state index contributed by atoms with van der Waals surface area (Å²) in [6.07, 6.45) is 4.88. The van der Waals surface area contributed by atoms with Crippen molar-refractivity contribution in [3.63, 3.8) is 0 Å². The molecule has 0 saturated carbocycles. The monoisotopic (exact) mass is 267 g/mol. The van der Waals surface area contributed by atoms with Gasteiger partial charge in [-0.15, -0.1) is 0 Å². The second-order valence-electron chi connectivity index (χ2n) is 5.39. The van der Waals surface area contributed by atoms with Gasteiger partial charge in [0, 0.05) is 12.1 Å². The number of carboxylic acid groups (broad SMARTS) is 1. The highest BCUT2D eigenvalue weighted by Gasteiger charge is 2.26. The average molecular weight is 267 g/mol. The van der Waals surface area contributed by atoms with Crippen LogP contribution in [-0.2, 0) is 6.42 Å². The molecule has 0 fully saturated rings. The Morgan fingerprint density at radius 1 is 1.35 bits per heavy atom. The molecule has 3 heteroatoms. The number of nitrogens with zero attached hydrogens (tertiary/aromatic N) is 1. The Kier molecular flexibility index (Phi) is 3.26. The molecule has 0 amide bonds. The number of carboxylic acids is 1. The molecule has 2 aromatic rings. The van der Waals surface area contributed by atoms with Gasteiger partial charge in [0.25, 0.3) is 0 Å². The van der Waals surface area contributed by atoms with Crippen molar-refractivity contribution < 1.29 is 9.90 Å². The number of pyridine rings is 1. The Labute approximate surface area is 118 Å². The molecule has 0 aliphatic heterocycles. The van der Waals surface area contributed by atoms with Gasteiger partial charge < -0.3 is 5.11 Å². The zero-order valence-corrected chi connectivity index (χ0v) is 11.5. The summed E-state index contributed by atoms with van der Waals surface area (Å²) in [6, 6.07) is 9.75. The molecular weight excluding hydrogens is 250 g/mol. The van der Waals surface area contributed by atoms with E-state index in [1.54, 1.807) is 12.3 Å². The van der Waals surface area contributed by atoms with E-state index in [0.717, 1.165) is 36.1 Å². The van der Waals surface area contributed by atoms with E-state index in [-0.39, 0.29) is 5.92 Å². The van der Waals surface area contributed by atoms with E-state index < -0.39 is 5.97 Å². The molecule has 1 aromatic heterocycles. The Balaban J connectivity index is 2.13. The molecule has 0 bridgehead atoms. The minimum Gasteiger partial charge on any atom is -0.478 e. The smallest absolute Gasteiger partial charge is 0.335 e. The molecule has 3 nitrogen and oxygen atoms in total. The first-order valence-electron chi connectivity index (χ1n) is 6.94. The predicted molar refractivity (Wildman–Crippen MR) is 77.2 cm³/mol. The van der Waals surface area contributed by atoms with Crippen LogP contribution in [0.3, 0.4) is 0 Å². The van der Waals surface area contributed by atoms with Crippen LogP contribution in [0.5, 0.6) is 0 Å². The number of fused-ring (bicyclic) bond motifs is 1. The van der Waals surface area contributed by atoms with Crippen LogP contribution in [0.1, 0.15) is 51.5 Å². The number of carbonyl (C=O) groups is 1. The molecule has 1 aliphatic carbocycles. The van der Waals surface area contributed by atoms with Crippen molar-refractivity contribution in [1.29, 1.82) is 0 Å². The van der Waals surface area contributed by atoms with Crippen molar-refractivity contribution in [2.75, 3.05) is 0 Å². The number of rotatable bonds is 2. The number of hydrogen-bond acceptors (Lipinski definition) is 2. The molecule has 102 valence electrons. The lowest BCUT2D eigenvalue weighted by Crippen LogP contribution is -2.16. The lowest BCUT2D eigenvalue weighted by molar-refractivity contribution is 0.0695. The second kappa shape index (κ2) is 5.08. The highest BCUT2D eigenvalue weighted by atomic mass is 16.4. The number of aryl methyl sites for hydroxylation is 2. The van der Waals surface area contributed by atoms with Crippen LogP contribution in [0, 0.1) is 6.92 Å². The second-order valence-corrected chi connectivity index (χ2v) is 5.39. The first-order valence-corrected chi connectivity index (χ1v) is 6.94. The molecule has 0 radical (unpaired) electrons. The molecule has 0 saturated heterocycles. The van der Waals surface area contributed by atoms with Crippen molar-refractivity contribution >= 4 is 5.97 Å². The van der Waals surface area contributed by atoms with Gasteiger partial charge in [0.15, 0.2) is 0 Å². The maximum atomic E-state index is 11.5. The van der Waals surface area contributed by atoms with E-state index in [2.05, 4.69) is 11.1 Å². The van der Waals surface area contributed by atoms with E-state index in [0.29, 0.717) is 5.56 Å². The Morgan fingerprint density at radius 3 is 3.00 bits per heavy atom. The van der Waals surface area contributed by atoms with Gasteiger partial charge in [-0.3, -0.25) is 4.98 Å². The average Bonchev–Trinajstić information content (AvgIpc) is 2.46. The van der Waals surface area contributed by atoms with E-state index in [1.165, 1.54) is 5.56 Å². The molecule has 0 spiro atoms. The fourth-order valence-electron chi connectivity index (χ4n) is 3.07. The van der Waals surface area contributed by atoms with Gasteiger partial charge in [-0.2, -0.15) is 0 Å². The van der Waals surface area contributed by atoms with Crippen molar-refractivity contribution in [2.45, 2.75) is 32.1 Å². The molecule has 20 heavy (non-hydrogen) atoms. The summed E-state index contributed by atoms with van der Waals surface area (Å²) in [4.78, 5) is 16.0. The van der Waals surface area contributed by atoms with Crippen LogP contribution in [0.4, 0.5) is 0 Å². The number of aromatic nitrogens is 1. The summed E-state index contributed by atoms with van der Waals surface area (Å²) in [5.41, 5.74) is 4.57. The Morgan fingerprint density at radius 2 is 2.20 bits per heavy atom. The molecule has 3 rings (SSSR count). The summed E-state index contributed by atoms with van der Waals surface area (Å²) >= 11 is 0. The fraction of sp³-hybridized carbons (Fsp3) is 0.294. The first kappa shape index (κ1) is 12.9. The molecular formula is C17H17NO2. The van der Waals surface area contributed by atoms with E-state index in [1.807, 2.05) is 25.1 Å². The minimum atomic E-state index is -0.855. The van der Waals surface area contributed by atoms with Crippen LogP contribution < -0.4 is 0 Å². The van der Waals surface area contributed by atoms with E-state index in [9.17, 15) is 9.90 Å². The lowest BCUT2D eigenvalue weighted by atomic mass is 9.80. The Bertz CT molecular complexity index is 664. The fourth-order valence-corrected chi connectivity index (χ4v) is 3.07.